The highest BCUT2D eigenvalue weighted by atomic mass is 16.5. The lowest BCUT2D eigenvalue weighted by Gasteiger charge is -2.10. The summed E-state index contributed by atoms with van der Waals surface area (Å²) in [5, 5.41) is 15.0. The third-order valence-electron chi connectivity index (χ3n) is 2.87. The summed E-state index contributed by atoms with van der Waals surface area (Å²) in [6, 6.07) is 5.53. The first-order valence-corrected chi connectivity index (χ1v) is 6.77. The first-order valence-electron chi connectivity index (χ1n) is 6.77. The molecule has 0 unspecified atom stereocenters. The van der Waals surface area contributed by atoms with Gasteiger partial charge in [0.05, 0.1) is 25.9 Å². The Kier molecular flexibility index (Phi) is 7.93. The molecule has 0 atom stereocenters. The van der Waals surface area contributed by atoms with Crippen molar-refractivity contribution in [3.63, 3.8) is 0 Å². The fraction of sp³-hybridized carbons (Fsp3) is 0.400. The van der Waals surface area contributed by atoms with Crippen LogP contribution < -0.4 is 15.8 Å². The number of hydrogen-bond acceptors (Lipinski definition) is 5. The van der Waals surface area contributed by atoms with Crippen LogP contribution in [0.15, 0.2) is 36.0 Å². The molecule has 1 aromatic rings. The first-order chi connectivity index (χ1) is 10.2. The van der Waals surface area contributed by atoms with Crippen LogP contribution in [0.5, 0.6) is 5.75 Å². The van der Waals surface area contributed by atoms with E-state index >= 15 is 0 Å². The lowest BCUT2D eigenvalue weighted by molar-refractivity contribution is 0.140. The third kappa shape index (κ3) is 5.85. The van der Waals surface area contributed by atoms with E-state index in [9.17, 15) is 0 Å². The number of ether oxygens (including phenoxy) is 2. The second-order valence-electron chi connectivity index (χ2n) is 4.39. The van der Waals surface area contributed by atoms with Gasteiger partial charge in [0.25, 0.3) is 0 Å². The van der Waals surface area contributed by atoms with Gasteiger partial charge >= 0.3 is 0 Å². The Balaban J connectivity index is 2.44. The molecule has 1 rings (SSSR count). The van der Waals surface area contributed by atoms with E-state index < -0.39 is 0 Å². The highest BCUT2D eigenvalue weighted by Crippen LogP contribution is 2.19. The summed E-state index contributed by atoms with van der Waals surface area (Å²) >= 11 is 0. The number of benzene rings is 1. The van der Waals surface area contributed by atoms with Gasteiger partial charge in [-0.15, -0.1) is 6.58 Å². The maximum atomic E-state index is 8.71. The van der Waals surface area contributed by atoms with E-state index in [1.165, 1.54) is 0 Å². The van der Waals surface area contributed by atoms with Gasteiger partial charge in [-0.1, -0.05) is 17.3 Å². The zero-order valence-corrected chi connectivity index (χ0v) is 12.3. The van der Waals surface area contributed by atoms with Crippen molar-refractivity contribution in [2.45, 2.75) is 13.0 Å². The zero-order valence-electron chi connectivity index (χ0n) is 12.3. The summed E-state index contributed by atoms with van der Waals surface area (Å²) in [6.07, 6.45) is 2.70. The third-order valence-corrected chi connectivity index (χ3v) is 2.87. The normalized spacial score (nSPS) is 11.4. The van der Waals surface area contributed by atoms with Gasteiger partial charge in [-0.25, -0.2) is 0 Å². The highest BCUT2D eigenvalue weighted by molar-refractivity contribution is 5.99. The number of hydrogen-bond donors (Lipinski definition) is 3. The van der Waals surface area contributed by atoms with Gasteiger partial charge in [0.15, 0.2) is 5.84 Å². The smallest absolute Gasteiger partial charge is 0.173 e. The molecule has 0 aliphatic rings. The maximum Gasteiger partial charge on any atom is 0.173 e. The van der Waals surface area contributed by atoms with Crippen molar-refractivity contribution in [1.82, 2.24) is 5.32 Å². The Hall–Kier alpha value is -2.05. The molecule has 0 aliphatic carbocycles. The first kappa shape index (κ1) is 17.0. The van der Waals surface area contributed by atoms with Crippen molar-refractivity contribution >= 4 is 5.84 Å². The molecule has 0 amide bonds. The minimum atomic E-state index is 0.0296. The number of methoxy groups -OCH3 is 1. The van der Waals surface area contributed by atoms with Crippen LogP contribution in [0.4, 0.5) is 0 Å². The monoisotopic (exact) mass is 293 g/mol. The second-order valence-corrected chi connectivity index (χ2v) is 4.39. The van der Waals surface area contributed by atoms with Crippen LogP contribution in [0.2, 0.25) is 0 Å². The summed E-state index contributed by atoms with van der Waals surface area (Å²) in [6.45, 7) is 6.45. The Labute approximate surface area is 125 Å². The summed E-state index contributed by atoms with van der Waals surface area (Å²) in [5.74, 6) is 0.605. The maximum absolute atomic E-state index is 8.71. The molecule has 116 valence electrons. The lowest BCUT2D eigenvalue weighted by atomic mass is 10.1. The largest absolute Gasteiger partial charge is 0.496 e. The van der Waals surface area contributed by atoms with E-state index in [-0.39, 0.29) is 5.84 Å². The molecule has 6 heteroatoms. The van der Waals surface area contributed by atoms with Crippen molar-refractivity contribution < 1.29 is 14.7 Å². The Morgan fingerprint density at radius 3 is 2.95 bits per heavy atom. The SMILES string of the molecule is C=CCCOCCNCc1ccc(/C(N)=N/O)c(OC)c1. The van der Waals surface area contributed by atoms with Crippen LogP contribution in [-0.2, 0) is 11.3 Å². The number of oxime groups is 1. The van der Waals surface area contributed by atoms with Crippen LogP contribution in [0, 0.1) is 0 Å². The molecule has 0 saturated carbocycles. The summed E-state index contributed by atoms with van der Waals surface area (Å²) in [7, 11) is 1.55. The summed E-state index contributed by atoms with van der Waals surface area (Å²) < 4.78 is 10.7. The van der Waals surface area contributed by atoms with Gasteiger partial charge in [0.1, 0.15) is 5.75 Å². The summed E-state index contributed by atoms with van der Waals surface area (Å²) in [5.41, 5.74) is 7.20. The average Bonchev–Trinajstić information content (AvgIpc) is 2.53. The van der Waals surface area contributed by atoms with Crippen LogP contribution in [0.25, 0.3) is 0 Å². The molecule has 0 radical (unpaired) electrons. The Bertz CT molecular complexity index is 475. The van der Waals surface area contributed by atoms with E-state index in [4.69, 9.17) is 20.4 Å². The van der Waals surface area contributed by atoms with Crippen LogP contribution in [-0.4, -0.2) is 37.9 Å². The topological polar surface area (TPSA) is 89.1 Å². The van der Waals surface area contributed by atoms with Gasteiger partial charge in [-0.05, 0) is 24.1 Å². The van der Waals surface area contributed by atoms with E-state index in [0.717, 1.165) is 18.5 Å². The van der Waals surface area contributed by atoms with Crippen LogP contribution in [0.1, 0.15) is 17.5 Å². The standard InChI is InChI=1S/C15H23N3O3/c1-3-4-8-21-9-7-17-11-12-5-6-13(15(16)18-19)14(10-12)20-2/h3,5-6,10,17,19H,1,4,7-9,11H2,2H3,(H2,16,18). The quantitative estimate of drug-likeness (QED) is 0.152. The fourth-order valence-corrected chi connectivity index (χ4v) is 1.76. The number of nitrogens with one attached hydrogen (secondary N) is 1. The Morgan fingerprint density at radius 2 is 2.29 bits per heavy atom. The number of rotatable bonds is 10. The minimum Gasteiger partial charge on any atom is -0.496 e. The van der Waals surface area contributed by atoms with Crippen molar-refractivity contribution in [2.24, 2.45) is 10.9 Å². The van der Waals surface area contributed by atoms with E-state index in [1.807, 2.05) is 18.2 Å². The van der Waals surface area contributed by atoms with Gasteiger partial charge in [-0.3, -0.25) is 0 Å². The second kappa shape index (κ2) is 9.79. The number of amidine groups is 1. The molecule has 21 heavy (non-hydrogen) atoms. The predicted octanol–water partition coefficient (Wildman–Crippen LogP) is 1.47. The van der Waals surface area contributed by atoms with Crippen LogP contribution >= 0.6 is 0 Å². The van der Waals surface area contributed by atoms with Crippen molar-refractivity contribution in [1.29, 1.82) is 0 Å². The van der Waals surface area contributed by atoms with E-state index in [0.29, 0.717) is 31.1 Å². The number of nitrogens with zero attached hydrogens (tertiary/aromatic N) is 1. The fourth-order valence-electron chi connectivity index (χ4n) is 1.76. The Morgan fingerprint density at radius 1 is 1.48 bits per heavy atom. The van der Waals surface area contributed by atoms with Gasteiger partial charge in [0.2, 0.25) is 0 Å². The van der Waals surface area contributed by atoms with E-state index in [2.05, 4.69) is 17.1 Å². The average molecular weight is 293 g/mol. The summed E-state index contributed by atoms with van der Waals surface area (Å²) in [4.78, 5) is 0. The molecule has 1 aromatic carbocycles. The molecule has 0 bridgehead atoms. The minimum absolute atomic E-state index is 0.0296. The molecular formula is C15H23N3O3. The van der Waals surface area contributed by atoms with Crippen LogP contribution in [0.3, 0.4) is 0 Å². The number of nitrogens with two attached hydrogens (primary N) is 1. The predicted molar refractivity (Wildman–Crippen MR) is 82.8 cm³/mol. The van der Waals surface area contributed by atoms with Gasteiger partial charge in [-0.2, -0.15) is 0 Å². The molecular weight excluding hydrogens is 270 g/mol. The van der Waals surface area contributed by atoms with Crippen molar-refractivity contribution in [2.75, 3.05) is 26.9 Å². The molecule has 0 fully saturated rings. The van der Waals surface area contributed by atoms with Gasteiger partial charge in [0, 0.05) is 13.1 Å². The molecule has 0 heterocycles. The highest BCUT2D eigenvalue weighted by Gasteiger charge is 2.08. The van der Waals surface area contributed by atoms with Crippen molar-refractivity contribution in [3.05, 3.63) is 42.0 Å². The molecule has 0 aromatic heterocycles. The van der Waals surface area contributed by atoms with Gasteiger partial charge < -0.3 is 25.7 Å². The molecule has 0 spiro atoms. The molecule has 0 aliphatic heterocycles. The van der Waals surface area contributed by atoms with Crippen molar-refractivity contribution in [3.8, 4) is 5.75 Å². The van der Waals surface area contributed by atoms with E-state index in [1.54, 1.807) is 13.2 Å². The molecule has 6 nitrogen and oxygen atoms in total. The molecule has 0 saturated heterocycles. The lowest BCUT2D eigenvalue weighted by Crippen LogP contribution is -2.20. The zero-order chi connectivity index (χ0) is 15.5. The molecule has 4 N–H and O–H groups in total.